The largest absolute Gasteiger partial charge is 0.303 e. The molecule has 1 heterocycles. The predicted molar refractivity (Wildman–Crippen MR) is 78.2 cm³/mol. The van der Waals surface area contributed by atoms with Gasteiger partial charge in [-0.2, -0.15) is 0 Å². The van der Waals surface area contributed by atoms with Crippen LogP contribution in [0.2, 0.25) is 0 Å². The van der Waals surface area contributed by atoms with Gasteiger partial charge in [0.1, 0.15) is 6.29 Å². The van der Waals surface area contributed by atoms with Gasteiger partial charge in [0, 0.05) is 0 Å². The van der Waals surface area contributed by atoms with Gasteiger partial charge in [-0.3, -0.25) is 4.84 Å². The summed E-state index contributed by atoms with van der Waals surface area (Å²) < 4.78 is 0. The van der Waals surface area contributed by atoms with Crippen molar-refractivity contribution in [1.29, 1.82) is 0 Å². The number of carbonyl (C=O) groups is 1. The van der Waals surface area contributed by atoms with Gasteiger partial charge in [-0.05, 0) is 24.6 Å². The second-order valence-corrected chi connectivity index (χ2v) is 5.04. The van der Waals surface area contributed by atoms with Crippen LogP contribution in [0.4, 0.5) is 5.69 Å². The first-order valence-corrected chi connectivity index (χ1v) is 6.82. The highest BCUT2D eigenvalue weighted by atomic mass is 16.7. The molecule has 3 atom stereocenters. The smallest absolute Gasteiger partial charge is 0.128 e. The normalized spacial score (nSPS) is 25.6. The maximum atomic E-state index is 11.5. The van der Waals surface area contributed by atoms with E-state index in [4.69, 9.17) is 4.84 Å². The zero-order valence-corrected chi connectivity index (χ0v) is 11.3. The third-order valence-electron chi connectivity index (χ3n) is 3.75. The van der Waals surface area contributed by atoms with Crippen LogP contribution >= 0.6 is 0 Å². The Morgan fingerprint density at radius 3 is 2.20 bits per heavy atom. The Morgan fingerprint density at radius 1 is 1.00 bits per heavy atom. The van der Waals surface area contributed by atoms with Gasteiger partial charge in [0.25, 0.3) is 0 Å². The standard InChI is InChI=1S/C17H17NO2/c1-13-16(12-19)17(14-8-4-2-5-9-14)18(20-13)15-10-6-3-7-11-15/h2-13,16-17H,1H3/t13-,16-,17+/m0/s1. The Bertz CT molecular complexity index is 570. The zero-order valence-electron chi connectivity index (χ0n) is 11.3. The molecule has 0 N–H and O–H groups in total. The summed E-state index contributed by atoms with van der Waals surface area (Å²) in [4.78, 5) is 17.4. The third-order valence-corrected chi connectivity index (χ3v) is 3.75. The first kappa shape index (κ1) is 12.9. The van der Waals surface area contributed by atoms with E-state index in [1.807, 2.05) is 72.7 Å². The average molecular weight is 267 g/mol. The third kappa shape index (κ3) is 2.21. The second-order valence-electron chi connectivity index (χ2n) is 5.04. The van der Waals surface area contributed by atoms with Crippen LogP contribution in [0.1, 0.15) is 18.5 Å². The Labute approximate surface area is 118 Å². The van der Waals surface area contributed by atoms with Gasteiger partial charge in [-0.15, -0.1) is 0 Å². The van der Waals surface area contributed by atoms with Crippen LogP contribution in [0.25, 0.3) is 0 Å². The fourth-order valence-corrected chi connectivity index (χ4v) is 2.72. The summed E-state index contributed by atoms with van der Waals surface area (Å²) in [5.74, 6) is -0.169. The fraction of sp³-hybridized carbons (Fsp3) is 0.235. The van der Waals surface area contributed by atoms with E-state index in [-0.39, 0.29) is 18.1 Å². The second kappa shape index (κ2) is 5.47. The molecule has 1 aliphatic rings. The van der Waals surface area contributed by atoms with Crippen molar-refractivity contribution in [2.45, 2.75) is 19.1 Å². The van der Waals surface area contributed by atoms with Gasteiger partial charge in [0.05, 0.1) is 23.8 Å². The lowest BCUT2D eigenvalue weighted by atomic mass is 9.91. The highest BCUT2D eigenvalue weighted by molar-refractivity contribution is 5.61. The van der Waals surface area contributed by atoms with Crippen molar-refractivity contribution in [2.75, 3.05) is 5.06 Å². The van der Waals surface area contributed by atoms with E-state index in [1.165, 1.54) is 0 Å². The van der Waals surface area contributed by atoms with Crippen molar-refractivity contribution in [3.8, 4) is 0 Å². The number of hydrogen-bond donors (Lipinski definition) is 0. The van der Waals surface area contributed by atoms with E-state index in [0.717, 1.165) is 17.5 Å². The Balaban J connectivity index is 2.03. The van der Waals surface area contributed by atoms with Crippen molar-refractivity contribution in [2.24, 2.45) is 5.92 Å². The highest BCUT2D eigenvalue weighted by Gasteiger charge is 2.42. The lowest BCUT2D eigenvalue weighted by Crippen LogP contribution is -2.24. The fourth-order valence-electron chi connectivity index (χ4n) is 2.72. The molecule has 1 fully saturated rings. The monoisotopic (exact) mass is 267 g/mol. The highest BCUT2D eigenvalue weighted by Crippen LogP contribution is 2.41. The van der Waals surface area contributed by atoms with Gasteiger partial charge in [-0.1, -0.05) is 48.5 Å². The molecular weight excluding hydrogens is 250 g/mol. The van der Waals surface area contributed by atoms with E-state index in [9.17, 15) is 4.79 Å². The molecule has 1 saturated heterocycles. The number of nitrogens with zero attached hydrogens (tertiary/aromatic N) is 1. The minimum absolute atomic E-state index is 0.0777. The van der Waals surface area contributed by atoms with E-state index in [2.05, 4.69) is 0 Å². The van der Waals surface area contributed by atoms with Gasteiger partial charge in [0.2, 0.25) is 0 Å². The Kier molecular flexibility index (Phi) is 3.52. The van der Waals surface area contributed by atoms with Crippen molar-refractivity contribution in [1.82, 2.24) is 0 Å². The molecule has 1 aliphatic heterocycles. The molecular formula is C17H17NO2. The lowest BCUT2D eigenvalue weighted by molar-refractivity contribution is -0.112. The molecule has 0 unspecified atom stereocenters. The van der Waals surface area contributed by atoms with Crippen LogP contribution in [-0.4, -0.2) is 12.4 Å². The summed E-state index contributed by atoms with van der Waals surface area (Å²) in [6, 6.07) is 19.9. The molecule has 3 nitrogen and oxygen atoms in total. The van der Waals surface area contributed by atoms with Crippen molar-refractivity contribution in [3.63, 3.8) is 0 Å². The number of para-hydroxylation sites is 1. The molecule has 0 aliphatic carbocycles. The number of aldehydes is 1. The average Bonchev–Trinajstić information content (AvgIpc) is 2.85. The summed E-state index contributed by atoms with van der Waals surface area (Å²) in [5, 5.41) is 1.86. The summed E-state index contributed by atoms with van der Waals surface area (Å²) in [7, 11) is 0. The van der Waals surface area contributed by atoms with E-state index in [0.29, 0.717) is 0 Å². The Morgan fingerprint density at radius 2 is 1.60 bits per heavy atom. The van der Waals surface area contributed by atoms with Gasteiger partial charge >= 0.3 is 0 Å². The molecule has 0 amide bonds. The molecule has 102 valence electrons. The number of carbonyl (C=O) groups excluding carboxylic acids is 1. The summed E-state index contributed by atoms with van der Waals surface area (Å²) >= 11 is 0. The first-order valence-electron chi connectivity index (χ1n) is 6.82. The number of hydrogen-bond acceptors (Lipinski definition) is 3. The molecule has 2 aromatic carbocycles. The predicted octanol–water partition coefficient (Wildman–Crippen LogP) is 3.38. The summed E-state index contributed by atoms with van der Waals surface area (Å²) in [6.45, 7) is 1.94. The number of benzene rings is 2. The van der Waals surface area contributed by atoms with Crippen LogP contribution in [-0.2, 0) is 9.63 Å². The quantitative estimate of drug-likeness (QED) is 0.798. The van der Waals surface area contributed by atoms with Crippen LogP contribution in [0.3, 0.4) is 0 Å². The van der Waals surface area contributed by atoms with Gasteiger partial charge < -0.3 is 4.79 Å². The number of hydroxylamine groups is 1. The van der Waals surface area contributed by atoms with Crippen LogP contribution in [0, 0.1) is 5.92 Å². The number of anilines is 1. The molecule has 2 aromatic rings. The van der Waals surface area contributed by atoms with E-state index < -0.39 is 0 Å². The first-order chi connectivity index (χ1) is 9.81. The summed E-state index contributed by atoms with van der Waals surface area (Å²) in [5.41, 5.74) is 2.07. The minimum atomic E-state index is -0.169. The van der Waals surface area contributed by atoms with Gasteiger partial charge in [-0.25, -0.2) is 5.06 Å². The van der Waals surface area contributed by atoms with Crippen LogP contribution in [0.5, 0.6) is 0 Å². The molecule has 3 rings (SSSR count). The molecule has 3 heteroatoms. The molecule has 0 spiro atoms. The molecule has 0 aromatic heterocycles. The SMILES string of the molecule is C[C@@H]1ON(c2ccccc2)[C@H](c2ccccc2)[C@H]1C=O. The maximum absolute atomic E-state index is 11.5. The lowest BCUT2D eigenvalue weighted by Gasteiger charge is -2.26. The maximum Gasteiger partial charge on any atom is 0.128 e. The van der Waals surface area contributed by atoms with E-state index in [1.54, 1.807) is 0 Å². The van der Waals surface area contributed by atoms with E-state index >= 15 is 0 Å². The zero-order chi connectivity index (χ0) is 13.9. The van der Waals surface area contributed by atoms with Crippen LogP contribution < -0.4 is 5.06 Å². The Hall–Kier alpha value is -2.13. The number of rotatable bonds is 3. The molecule has 20 heavy (non-hydrogen) atoms. The molecule has 0 bridgehead atoms. The molecule has 0 saturated carbocycles. The van der Waals surface area contributed by atoms with Crippen LogP contribution in [0.15, 0.2) is 60.7 Å². The van der Waals surface area contributed by atoms with Crippen molar-refractivity contribution >= 4 is 12.0 Å². The topological polar surface area (TPSA) is 29.5 Å². The van der Waals surface area contributed by atoms with Crippen molar-refractivity contribution in [3.05, 3.63) is 66.2 Å². The minimum Gasteiger partial charge on any atom is -0.303 e. The van der Waals surface area contributed by atoms with Crippen molar-refractivity contribution < 1.29 is 9.63 Å². The van der Waals surface area contributed by atoms with Gasteiger partial charge in [0.15, 0.2) is 0 Å². The molecule has 0 radical (unpaired) electrons. The summed E-state index contributed by atoms with van der Waals surface area (Å²) in [6.07, 6.45) is 0.878.